The number of hydrogen-bond donors (Lipinski definition) is 1. The van der Waals surface area contributed by atoms with Crippen LogP contribution in [0.4, 0.5) is 0 Å². The first-order valence-electron chi connectivity index (χ1n) is 7.41. The highest BCUT2D eigenvalue weighted by molar-refractivity contribution is 5.57. The van der Waals surface area contributed by atoms with Crippen molar-refractivity contribution in [1.29, 1.82) is 0 Å². The van der Waals surface area contributed by atoms with Crippen LogP contribution in [-0.4, -0.2) is 18.4 Å². The first-order valence-corrected chi connectivity index (χ1v) is 7.41. The Kier molecular flexibility index (Phi) is 4.79. The van der Waals surface area contributed by atoms with Gasteiger partial charge in [-0.05, 0) is 36.4 Å². The molecule has 0 atom stereocenters. The molecule has 0 saturated heterocycles. The van der Waals surface area contributed by atoms with Gasteiger partial charge in [-0.1, -0.05) is 18.2 Å². The van der Waals surface area contributed by atoms with Crippen LogP contribution in [0.3, 0.4) is 0 Å². The Morgan fingerprint density at radius 1 is 0.870 bits per heavy atom. The monoisotopic (exact) mass is 311 g/mol. The molecule has 0 saturated carbocycles. The minimum Gasteiger partial charge on any atom is -0.493 e. The highest BCUT2D eigenvalue weighted by Gasteiger charge is 2.03. The molecule has 5 nitrogen and oxygen atoms in total. The molecule has 0 spiro atoms. The molecule has 0 aliphatic carbocycles. The minimum absolute atomic E-state index is 0.251. The summed E-state index contributed by atoms with van der Waals surface area (Å²) in [7, 11) is 0. The zero-order valence-corrected chi connectivity index (χ0v) is 12.5. The lowest BCUT2D eigenvalue weighted by Gasteiger charge is -2.08. The highest BCUT2D eigenvalue weighted by atomic mass is 16.5. The van der Waals surface area contributed by atoms with Gasteiger partial charge in [0.1, 0.15) is 11.5 Å². The molecule has 23 heavy (non-hydrogen) atoms. The fourth-order valence-electron chi connectivity index (χ4n) is 2.10. The topological polar surface area (TPSA) is 64.5 Å². The van der Waals surface area contributed by atoms with E-state index in [-0.39, 0.29) is 5.56 Å². The van der Waals surface area contributed by atoms with E-state index in [2.05, 4.69) is 5.16 Å². The third-order valence-electron chi connectivity index (χ3n) is 3.23. The van der Waals surface area contributed by atoms with E-state index >= 15 is 0 Å². The number of aromatic amines is 1. The Bertz CT molecular complexity index is 775. The Morgan fingerprint density at radius 2 is 1.52 bits per heavy atom. The maximum absolute atomic E-state index is 11.1. The Balaban J connectivity index is 1.43. The number of para-hydroxylation sites is 1. The van der Waals surface area contributed by atoms with Crippen molar-refractivity contribution in [3.05, 3.63) is 71.0 Å². The van der Waals surface area contributed by atoms with Crippen molar-refractivity contribution < 1.29 is 14.0 Å². The maximum atomic E-state index is 11.1. The predicted octanol–water partition coefficient (Wildman–Crippen LogP) is 3.48. The van der Waals surface area contributed by atoms with Gasteiger partial charge in [0.05, 0.1) is 19.3 Å². The van der Waals surface area contributed by atoms with Crippen LogP contribution in [0.2, 0.25) is 0 Å². The summed E-state index contributed by atoms with van der Waals surface area (Å²) in [6.45, 7) is 1.18. The van der Waals surface area contributed by atoms with Gasteiger partial charge in [-0.25, -0.2) is 0 Å². The average molecular weight is 311 g/mol. The molecule has 0 aliphatic rings. The van der Waals surface area contributed by atoms with E-state index < -0.39 is 0 Å². The van der Waals surface area contributed by atoms with Gasteiger partial charge in [0.2, 0.25) is 0 Å². The molecule has 2 aromatic carbocycles. The molecular weight excluding hydrogens is 294 g/mol. The zero-order chi connectivity index (χ0) is 15.9. The summed E-state index contributed by atoms with van der Waals surface area (Å²) < 4.78 is 16.3. The quantitative estimate of drug-likeness (QED) is 0.678. The maximum Gasteiger partial charge on any atom is 0.280 e. The number of H-pyrrole nitrogens is 1. The van der Waals surface area contributed by atoms with Gasteiger partial charge in [0.25, 0.3) is 5.56 Å². The summed E-state index contributed by atoms with van der Waals surface area (Å²) in [5.41, 5.74) is 0.571. The first kappa shape index (κ1) is 15.0. The third-order valence-corrected chi connectivity index (χ3v) is 3.23. The molecule has 3 rings (SSSR count). The van der Waals surface area contributed by atoms with Crippen LogP contribution in [-0.2, 0) is 0 Å². The molecule has 3 aromatic rings. The Morgan fingerprint density at radius 3 is 2.13 bits per heavy atom. The summed E-state index contributed by atoms with van der Waals surface area (Å²) in [4.78, 5) is 11.1. The molecule has 0 amide bonds. The summed E-state index contributed by atoms with van der Waals surface area (Å²) in [6.07, 6.45) is 0.795. The standard InChI is InChI=1S/C18H17NO4/c20-18-13-17(23-19-18)14-7-9-16(10-8-14)22-12-4-11-21-15-5-2-1-3-6-15/h1-3,5-10,13H,4,11-12H2,(H,19,20). The van der Waals surface area contributed by atoms with Crippen molar-refractivity contribution in [3.63, 3.8) is 0 Å². The number of hydrogen-bond acceptors (Lipinski definition) is 4. The van der Waals surface area contributed by atoms with Gasteiger partial charge < -0.3 is 14.0 Å². The lowest BCUT2D eigenvalue weighted by molar-refractivity contribution is 0.247. The molecule has 5 heteroatoms. The number of benzene rings is 2. The lowest BCUT2D eigenvalue weighted by Crippen LogP contribution is -2.04. The second kappa shape index (κ2) is 7.35. The van der Waals surface area contributed by atoms with Crippen LogP contribution in [0.15, 0.2) is 70.0 Å². The molecule has 0 bridgehead atoms. The fraction of sp³-hybridized carbons (Fsp3) is 0.167. The van der Waals surface area contributed by atoms with Gasteiger partial charge in [0.15, 0.2) is 5.76 Å². The van der Waals surface area contributed by atoms with Crippen molar-refractivity contribution in [3.8, 4) is 22.8 Å². The van der Waals surface area contributed by atoms with Gasteiger partial charge in [-0.3, -0.25) is 4.79 Å². The zero-order valence-electron chi connectivity index (χ0n) is 12.5. The highest BCUT2D eigenvalue weighted by Crippen LogP contribution is 2.21. The van der Waals surface area contributed by atoms with Crippen molar-refractivity contribution >= 4 is 0 Å². The minimum atomic E-state index is -0.251. The molecule has 0 unspecified atom stereocenters. The van der Waals surface area contributed by atoms with Crippen molar-refractivity contribution in [2.45, 2.75) is 6.42 Å². The molecule has 0 aliphatic heterocycles. The van der Waals surface area contributed by atoms with Crippen LogP contribution >= 0.6 is 0 Å². The van der Waals surface area contributed by atoms with Crippen LogP contribution in [0.1, 0.15) is 6.42 Å². The van der Waals surface area contributed by atoms with Crippen LogP contribution < -0.4 is 15.0 Å². The van der Waals surface area contributed by atoms with Crippen LogP contribution in [0, 0.1) is 0 Å². The van der Waals surface area contributed by atoms with E-state index in [4.69, 9.17) is 14.0 Å². The SMILES string of the molecule is O=c1cc(-c2ccc(OCCCOc3ccccc3)cc2)o[nH]1. The second-order valence-electron chi connectivity index (χ2n) is 4.96. The van der Waals surface area contributed by atoms with Crippen LogP contribution in [0.5, 0.6) is 11.5 Å². The first-order chi connectivity index (χ1) is 11.3. The summed E-state index contributed by atoms with van der Waals surface area (Å²) in [6, 6.07) is 18.5. The molecule has 1 N–H and O–H groups in total. The third kappa shape index (κ3) is 4.26. The normalized spacial score (nSPS) is 10.4. The van der Waals surface area contributed by atoms with Gasteiger partial charge in [-0.15, -0.1) is 0 Å². The number of nitrogens with one attached hydrogen (secondary N) is 1. The fourth-order valence-corrected chi connectivity index (χ4v) is 2.10. The van der Waals surface area contributed by atoms with Gasteiger partial charge in [0, 0.05) is 12.0 Å². The predicted molar refractivity (Wildman–Crippen MR) is 86.8 cm³/mol. The van der Waals surface area contributed by atoms with Crippen molar-refractivity contribution in [2.75, 3.05) is 13.2 Å². The summed E-state index contributed by atoms with van der Waals surface area (Å²) >= 11 is 0. The molecule has 0 fully saturated rings. The summed E-state index contributed by atoms with van der Waals surface area (Å²) in [5, 5.41) is 2.27. The molecule has 1 aromatic heterocycles. The van der Waals surface area contributed by atoms with E-state index in [1.54, 1.807) is 0 Å². The molecular formula is C18H17NO4. The van der Waals surface area contributed by atoms with E-state index in [0.29, 0.717) is 19.0 Å². The Hall–Kier alpha value is -2.95. The number of ether oxygens (including phenoxy) is 2. The lowest BCUT2D eigenvalue weighted by atomic mass is 10.2. The van der Waals surface area contributed by atoms with E-state index in [0.717, 1.165) is 23.5 Å². The molecule has 0 radical (unpaired) electrons. The van der Waals surface area contributed by atoms with Crippen molar-refractivity contribution in [1.82, 2.24) is 5.16 Å². The van der Waals surface area contributed by atoms with E-state index in [9.17, 15) is 4.79 Å². The smallest absolute Gasteiger partial charge is 0.280 e. The van der Waals surface area contributed by atoms with Crippen molar-refractivity contribution in [2.24, 2.45) is 0 Å². The number of rotatable bonds is 7. The second-order valence-corrected chi connectivity index (χ2v) is 4.96. The van der Waals surface area contributed by atoms with E-state index in [1.165, 1.54) is 6.07 Å². The van der Waals surface area contributed by atoms with Crippen LogP contribution in [0.25, 0.3) is 11.3 Å². The molecule has 118 valence electrons. The number of aromatic nitrogens is 1. The van der Waals surface area contributed by atoms with Gasteiger partial charge >= 0.3 is 0 Å². The molecule has 1 heterocycles. The average Bonchev–Trinajstić information content (AvgIpc) is 3.03. The van der Waals surface area contributed by atoms with E-state index in [1.807, 2.05) is 54.6 Å². The van der Waals surface area contributed by atoms with Gasteiger partial charge in [-0.2, -0.15) is 5.16 Å². The largest absolute Gasteiger partial charge is 0.493 e. The Labute approximate surface area is 133 Å². The summed E-state index contributed by atoms with van der Waals surface area (Å²) in [5.74, 6) is 2.15.